The van der Waals surface area contributed by atoms with Crippen LogP contribution in [0, 0.1) is 11.3 Å². The minimum atomic E-state index is -0.464. The van der Waals surface area contributed by atoms with Crippen molar-refractivity contribution >= 4 is 34.4 Å². The van der Waals surface area contributed by atoms with Crippen LogP contribution in [0.5, 0.6) is 5.75 Å². The first-order valence-electron chi connectivity index (χ1n) is 11.2. The number of ether oxygens (including phenoxy) is 1. The molecule has 7 heteroatoms. The van der Waals surface area contributed by atoms with Crippen molar-refractivity contribution in [1.82, 2.24) is 0 Å². The zero-order valence-electron chi connectivity index (χ0n) is 20.1. The average molecular weight is 467 g/mol. The van der Waals surface area contributed by atoms with Gasteiger partial charge in [0.2, 0.25) is 0 Å². The molecule has 1 aliphatic rings. The molecule has 0 saturated carbocycles. The first-order chi connectivity index (χ1) is 16.8. The topological polar surface area (TPSA) is 85.7 Å². The molecular formula is C28H26N4O3. The molecule has 0 fully saturated rings. The number of nitrogens with zero attached hydrogens (tertiary/aromatic N) is 3. The number of carbonyl (C=O) groups excluding carboxylic acids is 2. The van der Waals surface area contributed by atoms with Crippen molar-refractivity contribution in [2.45, 2.75) is 20.0 Å². The fourth-order valence-electron chi connectivity index (χ4n) is 3.79. The van der Waals surface area contributed by atoms with E-state index in [1.165, 1.54) is 0 Å². The maximum atomic E-state index is 13.6. The predicted molar refractivity (Wildman–Crippen MR) is 137 cm³/mol. The van der Waals surface area contributed by atoms with Gasteiger partial charge in [0.25, 0.3) is 11.8 Å². The SMILES string of the molecule is CC(C)Oc1ccc(C2=C(Nc3ccc(N(C)C)cc3)C(=O)N(c3ccc(C#N)cc3)C2=O)cc1. The van der Waals surface area contributed by atoms with Crippen LogP contribution in [0.4, 0.5) is 17.1 Å². The lowest BCUT2D eigenvalue weighted by Gasteiger charge is -2.16. The minimum absolute atomic E-state index is 0.0176. The summed E-state index contributed by atoms with van der Waals surface area (Å²) < 4.78 is 5.72. The van der Waals surface area contributed by atoms with E-state index in [0.717, 1.165) is 10.6 Å². The molecule has 7 nitrogen and oxygen atoms in total. The van der Waals surface area contributed by atoms with Gasteiger partial charge in [-0.3, -0.25) is 9.59 Å². The number of imide groups is 1. The highest BCUT2D eigenvalue weighted by Gasteiger charge is 2.40. The third-order valence-corrected chi connectivity index (χ3v) is 5.51. The van der Waals surface area contributed by atoms with Gasteiger partial charge in [-0.1, -0.05) is 12.1 Å². The molecule has 0 aliphatic carbocycles. The van der Waals surface area contributed by atoms with E-state index in [-0.39, 0.29) is 17.4 Å². The van der Waals surface area contributed by atoms with Crippen molar-refractivity contribution in [2.75, 3.05) is 29.2 Å². The van der Waals surface area contributed by atoms with Gasteiger partial charge in [-0.15, -0.1) is 0 Å². The Morgan fingerprint density at radius 3 is 2.06 bits per heavy atom. The highest BCUT2D eigenvalue weighted by molar-refractivity contribution is 6.46. The average Bonchev–Trinajstić information content (AvgIpc) is 3.08. The fraction of sp³-hybridized carbons (Fsp3) is 0.179. The van der Waals surface area contributed by atoms with Gasteiger partial charge in [-0.05, 0) is 80.1 Å². The molecule has 1 heterocycles. The van der Waals surface area contributed by atoms with Gasteiger partial charge >= 0.3 is 0 Å². The smallest absolute Gasteiger partial charge is 0.282 e. The van der Waals surface area contributed by atoms with Crippen LogP contribution in [0.25, 0.3) is 5.57 Å². The molecule has 2 amide bonds. The summed E-state index contributed by atoms with van der Waals surface area (Å²) in [6, 6.07) is 23.1. The van der Waals surface area contributed by atoms with Crippen LogP contribution in [0.15, 0.2) is 78.5 Å². The van der Waals surface area contributed by atoms with Crippen LogP contribution in [-0.2, 0) is 9.59 Å². The zero-order valence-corrected chi connectivity index (χ0v) is 20.1. The van der Waals surface area contributed by atoms with Crippen LogP contribution < -0.4 is 19.9 Å². The summed E-state index contributed by atoms with van der Waals surface area (Å²) in [5, 5.41) is 12.3. The number of nitrogens with one attached hydrogen (secondary N) is 1. The second-order valence-corrected chi connectivity index (χ2v) is 8.61. The van der Waals surface area contributed by atoms with E-state index < -0.39 is 11.8 Å². The molecule has 0 radical (unpaired) electrons. The Morgan fingerprint density at radius 1 is 0.886 bits per heavy atom. The number of rotatable bonds is 7. The molecule has 0 bridgehead atoms. The summed E-state index contributed by atoms with van der Waals surface area (Å²) in [4.78, 5) is 30.2. The Bertz CT molecular complexity index is 1320. The number of anilines is 3. The van der Waals surface area contributed by atoms with Gasteiger partial charge in [0.1, 0.15) is 11.4 Å². The summed E-state index contributed by atoms with van der Waals surface area (Å²) in [7, 11) is 3.90. The maximum absolute atomic E-state index is 13.6. The van der Waals surface area contributed by atoms with E-state index in [1.807, 2.05) is 63.2 Å². The lowest BCUT2D eigenvalue weighted by molar-refractivity contribution is -0.120. The van der Waals surface area contributed by atoms with E-state index >= 15 is 0 Å². The first-order valence-corrected chi connectivity index (χ1v) is 11.2. The molecule has 35 heavy (non-hydrogen) atoms. The van der Waals surface area contributed by atoms with Gasteiger partial charge < -0.3 is 15.0 Å². The second kappa shape index (κ2) is 9.74. The molecule has 0 atom stereocenters. The number of benzene rings is 3. The highest BCUT2D eigenvalue weighted by atomic mass is 16.5. The molecule has 0 saturated heterocycles. The Balaban J connectivity index is 1.75. The van der Waals surface area contributed by atoms with E-state index in [0.29, 0.717) is 28.3 Å². The second-order valence-electron chi connectivity index (χ2n) is 8.61. The molecule has 4 rings (SSSR count). The van der Waals surface area contributed by atoms with Crippen LogP contribution in [0.2, 0.25) is 0 Å². The van der Waals surface area contributed by atoms with E-state index in [1.54, 1.807) is 48.5 Å². The lowest BCUT2D eigenvalue weighted by Crippen LogP contribution is -2.32. The predicted octanol–water partition coefficient (Wildman–Crippen LogP) is 4.81. The summed E-state index contributed by atoms with van der Waals surface area (Å²) >= 11 is 0. The number of amides is 2. The van der Waals surface area contributed by atoms with E-state index in [9.17, 15) is 9.59 Å². The van der Waals surface area contributed by atoms with Gasteiger partial charge in [0.05, 0.1) is 29.0 Å². The van der Waals surface area contributed by atoms with Crippen LogP contribution in [-0.4, -0.2) is 32.0 Å². The molecule has 1 aliphatic heterocycles. The lowest BCUT2D eigenvalue weighted by atomic mass is 10.0. The van der Waals surface area contributed by atoms with Crippen molar-refractivity contribution in [1.29, 1.82) is 5.26 Å². The van der Waals surface area contributed by atoms with Gasteiger partial charge in [-0.25, -0.2) is 4.90 Å². The zero-order chi connectivity index (χ0) is 25.1. The Morgan fingerprint density at radius 2 is 1.51 bits per heavy atom. The molecule has 3 aromatic carbocycles. The van der Waals surface area contributed by atoms with Crippen LogP contribution in [0.1, 0.15) is 25.0 Å². The van der Waals surface area contributed by atoms with E-state index in [2.05, 4.69) is 5.32 Å². The molecule has 0 aromatic heterocycles. The van der Waals surface area contributed by atoms with Gasteiger partial charge in [0, 0.05) is 25.5 Å². The third-order valence-electron chi connectivity index (χ3n) is 5.51. The van der Waals surface area contributed by atoms with E-state index in [4.69, 9.17) is 10.00 Å². The number of carbonyl (C=O) groups is 2. The molecule has 0 unspecified atom stereocenters. The third kappa shape index (κ3) is 4.87. The molecule has 3 aromatic rings. The van der Waals surface area contributed by atoms with Crippen molar-refractivity contribution in [2.24, 2.45) is 0 Å². The van der Waals surface area contributed by atoms with Gasteiger partial charge in [-0.2, -0.15) is 5.26 Å². The van der Waals surface area contributed by atoms with Gasteiger partial charge in [0.15, 0.2) is 0 Å². The minimum Gasteiger partial charge on any atom is -0.491 e. The number of nitriles is 1. The molecule has 0 spiro atoms. The summed E-state index contributed by atoms with van der Waals surface area (Å²) in [5.74, 6) is -0.225. The Labute approximate surface area is 204 Å². The van der Waals surface area contributed by atoms with Crippen molar-refractivity contribution in [3.05, 3.63) is 89.6 Å². The maximum Gasteiger partial charge on any atom is 0.282 e. The monoisotopic (exact) mass is 466 g/mol. The van der Waals surface area contributed by atoms with Crippen molar-refractivity contribution < 1.29 is 14.3 Å². The molecular weight excluding hydrogens is 440 g/mol. The first kappa shape index (κ1) is 23.6. The normalized spacial score (nSPS) is 13.3. The standard InChI is InChI=1S/C28H26N4O3/c1-18(2)35-24-15-7-20(8-16-24)25-26(30-21-9-13-22(14-10-21)31(3)4)28(34)32(27(25)33)23-11-5-19(17-29)6-12-23/h5-16,18,30H,1-4H3. The summed E-state index contributed by atoms with van der Waals surface area (Å²) in [6.45, 7) is 3.88. The Kier molecular flexibility index (Phi) is 6.56. The summed E-state index contributed by atoms with van der Waals surface area (Å²) in [6.07, 6.45) is 0.0176. The van der Waals surface area contributed by atoms with Crippen molar-refractivity contribution in [3.63, 3.8) is 0 Å². The number of hydrogen-bond donors (Lipinski definition) is 1. The number of hydrogen-bond acceptors (Lipinski definition) is 6. The van der Waals surface area contributed by atoms with Crippen LogP contribution >= 0.6 is 0 Å². The fourth-order valence-corrected chi connectivity index (χ4v) is 3.79. The quantitative estimate of drug-likeness (QED) is 0.503. The summed E-state index contributed by atoms with van der Waals surface area (Å²) in [5.41, 5.74) is 3.60. The Hall–Kier alpha value is -4.57. The molecule has 1 N–H and O–H groups in total. The molecule has 176 valence electrons. The highest BCUT2D eigenvalue weighted by Crippen LogP contribution is 2.34. The van der Waals surface area contributed by atoms with Crippen molar-refractivity contribution in [3.8, 4) is 11.8 Å². The van der Waals surface area contributed by atoms with Crippen LogP contribution in [0.3, 0.4) is 0 Å². The largest absolute Gasteiger partial charge is 0.491 e.